The molecule has 0 N–H and O–H groups in total. The van der Waals surface area contributed by atoms with Crippen LogP contribution >= 0.6 is 23.2 Å². The Morgan fingerprint density at radius 2 is 1.73 bits per heavy atom. The minimum atomic E-state index is -4.80. The molecule has 3 aromatic heterocycles. The second-order valence-corrected chi connectivity index (χ2v) is 11.2. The predicted octanol–water partition coefficient (Wildman–Crippen LogP) is 7.27. The van der Waals surface area contributed by atoms with Crippen molar-refractivity contribution in [2.75, 3.05) is 4.90 Å². The molecule has 41 heavy (non-hydrogen) atoms. The second-order valence-electron chi connectivity index (χ2n) is 10.4. The van der Waals surface area contributed by atoms with Gasteiger partial charge in [-0.1, -0.05) is 29.3 Å². The van der Waals surface area contributed by atoms with Crippen molar-refractivity contribution in [3.63, 3.8) is 0 Å². The molecule has 1 aromatic carbocycles. The van der Waals surface area contributed by atoms with Crippen LogP contribution in [0.1, 0.15) is 56.4 Å². The zero-order valence-corrected chi connectivity index (χ0v) is 24.0. The Morgan fingerprint density at radius 3 is 2.37 bits per heavy atom. The van der Waals surface area contributed by atoms with Crippen LogP contribution in [0.2, 0.25) is 10.0 Å². The van der Waals surface area contributed by atoms with E-state index in [-0.39, 0.29) is 27.4 Å². The summed E-state index contributed by atoms with van der Waals surface area (Å²) in [5.41, 5.74) is -0.227. The molecule has 1 atom stereocenters. The van der Waals surface area contributed by atoms with Crippen LogP contribution in [0.25, 0.3) is 11.4 Å². The van der Waals surface area contributed by atoms with Crippen LogP contribution in [0, 0.1) is 6.92 Å². The molecule has 4 heterocycles. The Hall–Kier alpha value is -3.90. The molecule has 1 amide bonds. The molecule has 0 spiro atoms. The maximum atomic E-state index is 14.0. The fourth-order valence-corrected chi connectivity index (χ4v) is 4.84. The first-order chi connectivity index (χ1) is 19.2. The third kappa shape index (κ3) is 5.41. The highest BCUT2D eigenvalue weighted by molar-refractivity contribution is 6.42. The zero-order chi connectivity index (χ0) is 29.9. The van der Waals surface area contributed by atoms with Gasteiger partial charge in [0.25, 0.3) is 0 Å². The van der Waals surface area contributed by atoms with E-state index in [0.29, 0.717) is 17.0 Å². The quantitative estimate of drug-likeness (QED) is 0.244. The van der Waals surface area contributed by atoms with Gasteiger partial charge in [-0.25, -0.2) is 24.3 Å². The van der Waals surface area contributed by atoms with Gasteiger partial charge in [-0.15, -0.1) is 0 Å². The van der Waals surface area contributed by atoms with Gasteiger partial charge in [0.05, 0.1) is 10.0 Å². The normalized spacial score (nSPS) is 15.8. The van der Waals surface area contributed by atoms with Gasteiger partial charge in [-0.3, -0.25) is 0 Å². The maximum absolute atomic E-state index is 14.0. The molecule has 1 aliphatic rings. The lowest BCUT2D eigenvalue weighted by molar-refractivity contribution is -0.141. The van der Waals surface area contributed by atoms with Crippen LogP contribution < -0.4 is 4.90 Å². The maximum Gasteiger partial charge on any atom is 0.435 e. The summed E-state index contributed by atoms with van der Waals surface area (Å²) in [5.74, 6) is 0.486. The van der Waals surface area contributed by atoms with Crippen molar-refractivity contribution in [3.8, 4) is 5.82 Å². The van der Waals surface area contributed by atoms with Crippen molar-refractivity contribution in [1.29, 1.82) is 0 Å². The summed E-state index contributed by atoms with van der Waals surface area (Å²) in [5, 5.41) is 8.71. The van der Waals surface area contributed by atoms with Crippen molar-refractivity contribution in [2.24, 2.45) is 0 Å². The molecule has 0 unspecified atom stereocenters. The highest BCUT2D eigenvalue weighted by Gasteiger charge is 2.44. The van der Waals surface area contributed by atoms with Crippen LogP contribution in [0.15, 0.2) is 54.6 Å². The van der Waals surface area contributed by atoms with Gasteiger partial charge in [0, 0.05) is 23.5 Å². The molecule has 4 aromatic rings. The zero-order valence-electron chi connectivity index (χ0n) is 22.5. The standard InChI is InChI=1S/C27H24Cl2F3N7O2/c1-14-8-9-33-20(10-14)38-24(34-13-35-38)22-15(2)37(25(40)41-26(3,4)5)21-12-19(27(30,31)32)36-39(21)23(22)16-6-7-17(28)18(29)11-16/h6-13,23H,1-5H3/t23-/m1/s1. The lowest BCUT2D eigenvalue weighted by Gasteiger charge is -2.36. The summed E-state index contributed by atoms with van der Waals surface area (Å²) in [4.78, 5) is 23.5. The van der Waals surface area contributed by atoms with E-state index < -0.39 is 29.6 Å². The molecule has 5 rings (SSSR count). The third-order valence-electron chi connectivity index (χ3n) is 6.22. The fraction of sp³-hybridized carbons (Fsp3) is 0.296. The van der Waals surface area contributed by atoms with E-state index in [2.05, 4.69) is 20.2 Å². The van der Waals surface area contributed by atoms with Gasteiger partial charge in [-0.05, 0) is 70.0 Å². The Morgan fingerprint density at radius 1 is 1.00 bits per heavy atom. The summed E-state index contributed by atoms with van der Waals surface area (Å²) in [6.07, 6.45) is -2.80. The van der Waals surface area contributed by atoms with E-state index in [4.69, 9.17) is 27.9 Å². The van der Waals surface area contributed by atoms with Gasteiger partial charge < -0.3 is 4.74 Å². The topological polar surface area (TPSA) is 91.0 Å². The summed E-state index contributed by atoms with van der Waals surface area (Å²) in [7, 11) is 0. The van der Waals surface area contributed by atoms with Crippen molar-refractivity contribution >= 4 is 40.7 Å². The van der Waals surface area contributed by atoms with Crippen molar-refractivity contribution in [2.45, 2.75) is 52.4 Å². The number of benzene rings is 1. The Bertz CT molecular complexity index is 1690. The average molecular weight is 606 g/mol. The molecule has 0 saturated heterocycles. The number of aromatic nitrogens is 6. The highest BCUT2D eigenvalue weighted by atomic mass is 35.5. The van der Waals surface area contributed by atoms with Crippen LogP contribution in [-0.2, 0) is 10.9 Å². The number of halogens is 5. The number of carbonyl (C=O) groups is 1. The SMILES string of the molecule is CC1=C(c2ncnn2-c2cc(C)ccn2)[C@@H](c2ccc(Cl)c(Cl)c2)n2nc(C(F)(F)F)cc2N1C(=O)OC(C)(C)C. The largest absolute Gasteiger partial charge is 0.443 e. The fourth-order valence-electron chi connectivity index (χ4n) is 4.53. The van der Waals surface area contributed by atoms with Gasteiger partial charge in [0.1, 0.15) is 23.8 Å². The smallest absolute Gasteiger partial charge is 0.435 e. The number of fused-ring (bicyclic) bond motifs is 1. The molecule has 14 heteroatoms. The Kier molecular flexibility index (Phi) is 7.11. The minimum Gasteiger partial charge on any atom is -0.443 e. The summed E-state index contributed by atoms with van der Waals surface area (Å²) >= 11 is 12.5. The molecule has 0 saturated carbocycles. The average Bonchev–Trinajstić information content (AvgIpc) is 3.51. The number of carbonyl (C=O) groups excluding carboxylic acids is 1. The van der Waals surface area contributed by atoms with Crippen molar-refractivity contribution in [3.05, 3.63) is 87.3 Å². The predicted molar refractivity (Wildman–Crippen MR) is 147 cm³/mol. The van der Waals surface area contributed by atoms with Crippen molar-refractivity contribution in [1.82, 2.24) is 29.5 Å². The number of ether oxygens (including phenoxy) is 1. The molecule has 214 valence electrons. The Labute approximate surface area is 243 Å². The number of hydrogen-bond acceptors (Lipinski definition) is 6. The van der Waals surface area contributed by atoms with E-state index in [1.165, 1.54) is 23.1 Å². The van der Waals surface area contributed by atoms with E-state index in [0.717, 1.165) is 21.2 Å². The molecule has 0 radical (unpaired) electrons. The first kappa shape index (κ1) is 28.6. The molecule has 1 aliphatic heterocycles. The van der Waals surface area contributed by atoms with E-state index >= 15 is 0 Å². The van der Waals surface area contributed by atoms with Crippen LogP contribution in [-0.4, -0.2) is 41.2 Å². The molecule has 0 bridgehead atoms. The monoisotopic (exact) mass is 605 g/mol. The van der Waals surface area contributed by atoms with Crippen LogP contribution in [0.5, 0.6) is 0 Å². The number of hydrogen-bond donors (Lipinski definition) is 0. The van der Waals surface area contributed by atoms with Crippen molar-refractivity contribution < 1.29 is 22.7 Å². The lowest BCUT2D eigenvalue weighted by Crippen LogP contribution is -2.41. The number of pyridine rings is 1. The first-order valence-corrected chi connectivity index (χ1v) is 13.1. The van der Waals surface area contributed by atoms with Crippen LogP contribution in [0.3, 0.4) is 0 Å². The summed E-state index contributed by atoms with van der Waals surface area (Å²) in [6, 6.07) is 8.06. The van der Waals surface area contributed by atoms with E-state index in [9.17, 15) is 18.0 Å². The molecule has 9 nitrogen and oxygen atoms in total. The number of allylic oxidation sites excluding steroid dienone is 2. The van der Waals surface area contributed by atoms with Gasteiger partial charge in [-0.2, -0.15) is 28.1 Å². The van der Waals surface area contributed by atoms with E-state index in [1.54, 1.807) is 46.0 Å². The Balaban J connectivity index is 1.83. The third-order valence-corrected chi connectivity index (χ3v) is 6.96. The molecular weight excluding hydrogens is 582 g/mol. The summed E-state index contributed by atoms with van der Waals surface area (Å²) < 4.78 is 50.2. The minimum absolute atomic E-state index is 0.149. The highest BCUT2D eigenvalue weighted by Crippen LogP contribution is 2.46. The molecular formula is C27H24Cl2F3N7O2. The first-order valence-electron chi connectivity index (χ1n) is 12.3. The summed E-state index contributed by atoms with van der Waals surface area (Å²) in [6.45, 7) is 8.45. The lowest BCUT2D eigenvalue weighted by atomic mass is 9.94. The second kappa shape index (κ2) is 10.2. The number of anilines is 1. The number of amides is 1. The molecule has 0 aliphatic carbocycles. The molecule has 0 fully saturated rings. The van der Waals surface area contributed by atoms with Gasteiger partial charge in [0.15, 0.2) is 17.3 Å². The number of rotatable bonds is 3. The van der Waals surface area contributed by atoms with Gasteiger partial charge >= 0.3 is 12.3 Å². The van der Waals surface area contributed by atoms with Crippen LogP contribution in [0.4, 0.5) is 23.8 Å². The van der Waals surface area contributed by atoms with E-state index in [1.807, 2.05) is 13.0 Å². The number of nitrogens with zero attached hydrogens (tertiary/aromatic N) is 7. The number of aryl methyl sites for hydroxylation is 1. The van der Waals surface area contributed by atoms with Gasteiger partial charge in [0.2, 0.25) is 0 Å². The number of alkyl halides is 3.